The van der Waals surface area contributed by atoms with Gasteiger partial charge in [0.2, 0.25) is 0 Å². The largest absolute Gasteiger partial charge is 0.488 e. The van der Waals surface area contributed by atoms with Crippen LogP contribution in [0.2, 0.25) is 5.02 Å². The molecule has 0 unspecified atom stereocenters. The number of epoxide rings is 1. The molecule has 2 heterocycles. The van der Waals surface area contributed by atoms with Crippen molar-refractivity contribution in [1.82, 2.24) is 0 Å². The predicted octanol–water partition coefficient (Wildman–Crippen LogP) is 5.87. The molecule has 5 nitrogen and oxygen atoms in total. The first-order valence-corrected chi connectivity index (χ1v) is 11.0. The number of rotatable bonds is 6. The van der Waals surface area contributed by atoms with Crippen molar-refractivity contribution in [2.45, 2.75) is 25.4 Å². The van der Waals surface area contributed by atoms with Gasteiger partial charge in [-0.25, -0.2) is 0 Å². The van der Waals surface area contributed by atoms with Crippen LogP contribution in [-0.2, 0) is 22.7 Å². The van der Waals surface area contributed by atoms with E-state index in [-0.39, 0.29) is 12.6 Å². The van der Waals surface area contributed by atoms with Gasteiger partial charge in [0.15, 0.2) is 18.7 Å². The first-order valence-electron chi connectivity index (χ1n) is 9.79. The number of fused-ring (bicyclic) bond motifs is 1. The zero-order valence-electron chi connectivity index (χ0n) is 16.3. The Bertz CT molecular complexity index is 1130. The first kappa shape index (κ1) is 20.5. The van der Waals surface area contributed by atoms with Crippen LogP contribution >= 0.6 is 27.5 Å². The molecule has 0 N–H and O–H groups in total. The van der Waals surface area contributed by atoms with Crippen molar-refractivity contribution >= 4 is 33.3 Å². The molecule has 1 saturated heterocycles. The van der Waals surface area contributed by atoms with Gasteiger partial charge in [0.05, 0.1) is 12.2 Å². The molecule has 7 heteroatoms. The SMILES string of the molecule is O=C(c1cc(Cl)ccc1OCc1ccccc1)[C@@H]1O[C@H]1c1cc(Br)cc2c1OCOC2. The molecule has 0 aromatic heterocycles. The van der Waals surface area contributed by atoms with E-state index in [2.05, 4.69) is 15.9 Å². The Morgan fingerprint density at radius 2 is 1.97 bits per heavy atom. The number of ether oxygens (including phenoxy) is 4. The molecule has 0 aliphatic carbocycles. The summed E-state index contributed by atoms with van der Waals surface area (Å²) >= 11 is 9.70. The number of carbonyl (C=O) groups excluding carboxylic acids is 1. The average molecular weight is 502 g/mol. The number of hydrogen-bond donors (Lipinski definition) is 0. The molecule has 0 spiro atoms. The van der Waals surface area contributed by atoms with Gasteiger partial charge in [-0.1, -0.05) is 57.9 Å². The van der Waals surface area contributed by atoms with Gasteiger partial charge < -0.3 is 18.9 Å². The van der Waals surface area contributed by atoms with Gasteiger partial charge in [-0.15, -0.1) is 0 Å². The van der Waals surface area contributed by atoms with E-state index in [4.69, 9.17) is 30.5 Å². The molecule has 1 fully saturated rings. The molecule has 0 amide bonds. The lowest BCUT2D eigenvalue weighted by molar-refractivity contribution is -0.0173. The van der Waals surface area contributed by atoms with E-state index in [0.29, 0.717) is 29.5 Å². The van der Waals surface area contributed by atoms with Crippen LogP contribution in [0, 0.1) is 0 Å². The number of Topliss-reactive ketones (excluding diaryl/α,β-unsaturated/α-hetero) is 1. The van der Waals surface area contributed by atoms with Crippen LogP contribution in [-0.4, -0.2) is 18.7 Å². The second kappa shape index (κ2) is 8.63. The normalized spacial score (nSPS) is 19.3. The molecule has 158 valence electrons. The second-order valence-electron chi connectivity index (χ2n) is 7.35. The van der Waals surface area contributed by atoms with Crippen molar-refractivity contribution in [2.75, 3.05) is 6.79 Å². The summed E-state index contributed by atoms with van der Waals surface area (Å²) in [5.41, 5.74) is 3.17. The van der Waals surface area contributed by atoms with Crippen LogP contribution in [0.1, 0.15) is 33.2 Å². The maximum Gasteiger partial charge on any atom is 0.198 e. The minimum absolute atomic E-state index is 0.170. The average Bonchev–Trinajstić information content (AvgIpc) is 3.58. The van der Waals surface area contributed by atoms with Gasteiger partial charge in [0, 0.05) is 20.6 Å². The zero-order valence-corrected chi connectivity index (χ0v) is 18.7. The fraction of sp³-hybridized carbons (Fsp3) is 0.208. The Morgan fingerprint density at radius 3 is 2.81 bits per heavy atom. The summed E-state index contributed by atoms with van der Waals surface area (Å²) in [6, 6.07) is 18.7. The summed E-state index contributed by atoms with van der Waals surface area (Å²) in [5.74, 6) is 1.03. The summed E-state index contributed by atoms with van der Waals surface area (Å²) in [7, 11) is 0. The van der Waals surface area contributed by atoms with E-state index in [1.165, 1.54) is 0 Å². The van der Waals surface area contributed by atoms with Crippen LogP contribution in [0.3, 0.4) is 0 Å². The molecule has 0 bridgehead atoms. The summed E-state index contributed by atoms with van der Waals surface area (Å²) in [6.07, 6.45) is -1.01. The Hall–Kier alpha value is -2.38. The molecule has 2 aliphatic heterocycles. The molecule has 5 rings (SSSR count). The van der Waals surface area contributed by atoms with Crippen molar-refractivity contribution in [3.05, 3.63) is 92.4 Å². The van der Waals surface area contributed by atoms with Crippen molar-refractivity contribution in [1.29, 1.82) is 0 Å². The van der Waals surface area contributed by atoms with E-state index in [0.717, 1.165) is 26.9 Å². The first-order chi connectivity index (χ1) is 15.1. The molecule has 3 aromatic rings. The predicted molar refractivity (Wildman–Crippen MR) is 119 cm³/mol. The molecule has 2 aliphatic rings. The highest BCUT2D eigenvalue weighted by atomic mass is 79.9. The maximum absolute atomic E-state index is 13.3. The number of carbonyl (C=O) groups is 1. The van der Waals surface area contributed by atoms with E-state index in [1.54, 1.807) is 18.2 Å². The summed E-state index contributed by atoms with van der Waals surface area (Å²) in [5, 5.41) is 0.466. The minimum atomic E-state index is -0.623. The van der Waals surface area contributed by atoms with E-state index in [9.17, 15) is 4.79 Å². The van der Waals surface area contributed by atoms with Crippen LogP contribution in [0.5, 0.6) is 11.5 Å². The van der Waals surface area contributed by atoms with Crippen LogP contribution in [0.25, 0.3) is 0 Å². The molecular formula is C24H18BrClO5. The van der Waals surface area contributed by atoms with Crippen LogP contribution in [0.4, 0.5) is 0 Å². The van der Waals surface area contributed by atoms with Crippen molar-refractivity contribution in [3.8, 4) is 11.5 Å². The van der Waals surface area contributed by atoms with Gasteiger partial charge in [0.25, 0.3) is 0 Å². The summed E-state index contributed by atoms with van der Waals surface area (Å²) in [6.45, 7) is 0.988. The zero-order chi connectivity index (χ0) is 21.4. The Kier molecular flexibility index (Phi) is 5.71. The van der Waals surface area contributed by atoms with Gasteiger partial charge in [0.1, 0.15) is 24.2 Å². The number of benzene rings is 3. The maximum atomic E-state index is 13.3. The standard InChI is InChI=1S/C24H18BrClO5/c25-16-8-15-12-28-13-30-22(15)19(9-16)23-24(31-23)21(27)18-10-17(26)6-7-20(18)29-11-14-4-2-1-3-5-14/h1-10,23-24H,11-13H2/t23-,24-/m0/s1. The third-order valence-electron chi connectivity index (χ3n) is 5.20. The topological polar surface area (TPSA) is 57.3 Å². The lowest BCUT2D eigenvalue weighted by Gasteiger charge is -2.20. The van der Waals surface area contributed by atoms with Crippen LogP contribution < -0.4 is 9.47 Å². The second-order valence-corrected chi connectivity index (χ2v) is 8.70. The number of ketones is 1. The monoisotopic (exact) mass is 500 g/mol. The molecule has 3 aromatic carbocycles. The summed E-state index contributed by atoms with van der Waals surface area (Å²) < 4.78 is 23.7. The highest BCUT2D eigenvalue weighted by Crippen LogP contribution is 2.48. The lowest BCUT2D eigenvalue weighted by atomic mass is 9.99. The van der Waals surface area contributed by atoms with Crippen LogP contribution in [0.15, 0.2) is 65.1 Å². The van der Waals surface area contributed by atoms with Gasteiger partial charge in [-0.05, 0) is 35.9 Å². The van der Waals surface area contributed by atoms with Gasteiger partial charge in [-0.2, -0.15) is 0 Å². The quantitative estimate of drug-likeness (QED) is 0.312. The number of halogens is 2. The summed E-state index contributed by atoms with van der Waals surface area (Å²) in [4.78, 5) is 13.3. The third kappa shape index (κ3) is 4.34. The number of hydrogen-bond acceptors (Lipinski definition) is 5. The molecular weight excluding hydrogens is 484 g/mol. The highest BCUT2D eigenvalue weighted by Gasteiger charge is 2.49. The van der Waals surface area contributed by atoms with E-state index in [1.807, 2.05) is 42.5 Å². The Morgan fingerprint density at radius 1 is 1.13 bits per heavy atom. The fourth-order valence-electron chi connectivity index (χ4n) is 3.68. The smallest absolute Gasteiger partial charge is 0.198 e. The van der Waals surface area contributed by atoms with E-state index < -0.39 is 12.2 Å². The van der Waals surface area contributed by atoms with Crippen molar-refractivity contribution < 1.29 is 23.7 Å². The minimum Gasteiger partial charge on any atom is -0.488 e. The van der Waals surface area contributed by atoms with Gasteiger partial charge >= 0.3 is 0 Å². The molecule has 0 radical (unpaired) electrons. The van der Waals surface area contributed by atoms with E-state index >= 15 is 0 Å². The highest BCUT2D eigenvalue weighted by molar-refractivity contribution is 9.10. The molecule has 0 saturated carbocycles. The Balaban J connectivity index is 1.38. The van der Waals surface area contributed by atoms with Gasteiger partial charge in [-0.3, -0.25) is 4.79 Å². The Labute approximate surface area is 193 Å². The van der Waals surface area contributed by atoms with Crippen molar-refractivity contribution in [2.24, 2.45) is 0 Å². The van der Waals surface area contributed by atoms with Crippen molar-refractivity contribution in [3.63, 3.8) is 0 Å². The molecule has 31 heavy (non-hydrogen) atoms. The third-order valence-corrected chi connectivity index (χ3v) is 5.90. The lowest BCUT2D eigenvalue weighted by Crippen LogP contribution is -2.14. The fourth-order valence-corrected chi connectivity index (χ4v) is 4.37. The molecule has 2 atom stereocenters.